The molecule has 2 rings (SSSR count). The van der Waals surface area contributed by atoms with Crippen LogP contribution in [0.3, 0.4) is 0 Å². The van der Waals surface area contributed by atoms with Gasteiger partial charge in [0, 0.05) is 13.0 Å². The first-order valence-corrected chi connectivity index (χ1v) is 8.94. The molecule has 0 aliphatic rings. The summed E-state index contributed by atoms with van der Waals surface area (Å²) in [4.78, 5) is 11.7. The summed E-state index contributed by atoms with van der Waals surface area (Å²) in [5.41, 5.74) is 3.06. The highest BCUT2D eigenvalue weighted by molar-refractivity contribution is 5.76. The minimum absolute atomic E-state index is 0.0556. The summed E-state index contributed by atoms with van der Waals surface area (Å²) < 4.78 is 5.96. The molecule has 0 radical (unpaired) electrons. The maximum absolute atomic E-state index is 11.7. The fourth-order valence-electron chi connectivity index (χ4n) is 2.46. The summed E-state index contributed by atoms with van der Waals surface area (Å²) in [7, 11) is 0. The Kier molecular flexibility index (Phi) is 9.23. The zero-order valence-electron chi connectivity index (χ0n) is 16.0. The van der Waals surface area contributed by atoms with Gasteiger partial charge in [0.15, 0.2) is 0 Å². The van der Waals surface area contributed by atoms with Gasteiger partial charge in [-0.05, 0) is 61.2 Å². The summed E-state index contributed by atoms with van der Waals surface area (Å²) in [5.74, 6) is 1.54. The minimum Gasteiger partial charge on any atom is -0.508 e. The van der Waals surface area contributed by atoms with E-state index >= 15 is 0 Å². The van der Waals surface area contributed by atoms with Crippen LogP contribution in [0.2, 0.25) is 0 Å². The Morgan fingerprint density at radius 2 is 1.73 bits per heavy atom. The highest BCUT2D eigenvalue weighted by Crippen LogP contribution is 2.32. The lowest BCUT2D eigenvalue weighted by molar-refractivity contribution is -0.121. The van der Waals surface area contributed by atoms with Gasteiger partial charge in [-0.15, -0.1) is 0 Å². The third-order valence-corrected chi connectivity index (χ3v) is 3.83. The van der Waals surface area contributed by atoms with Crippen molar-refractivity contribution >= 4 is 5.91 Å². The number of rotatable bonds is 7. The quantitative estimate of drug-likeness (QED) is 0.701. The van der Waals surface area contributed by atoms with E-state index in [0.29, 0.717) is 18.6 Å². The molecule has 0 aliphatic carbocycles. The smallest absolute Gasteiger partial charge is 0.220 e. The molecule has 3 N–H and O–H groups in total. The van der Waals surface area contributed by atoms with Crippen LogP contribution in [-0.4, -0.2) is 29.3 Å². The van der Waals surface area contributed by atoms with Crippen molar-refractivity contribution in [3.05, 3.63) is 53.1 Å². The third-order valence-electron chi connectivity index (χ3n) is 3.83. The number of amides is 1. The van der Waals surface area contributed by atoms with E-state index in [-0.39, 0.29) is 24.8 Å². The fraction of sp³-hybridized carbons (Fsp3) is 0.381. The summed E-state index contributed by atoms with van der Waals surface area (Å²) in [6, 6.07) is 10.6. The Labute approximate surface area is 155 Å². The maximum atomic E-state index is 11.7. The number of hydrogen-bond acceptors (Lipinski definition) is 4. The normalized spacial score (nSPS) is 9.88. The molecule has 0 fully saturated rings. The molecule has 0 aromatic heterocycles. The van der Waals surface area contributed by atoms with E-state index in [0.717, 1.165) is 22.4 Å². The van der Waals surface area contributed by atoms with Crippen molar-refractivity contribution in [1.29, 1.82) is 0 Å². The number of phenolic OH excluding ortho intramolecular Hbond substituents is 1. The summed E-state index contributed by atoms with van der Waals surface area (Å²) in [6.45, 7) is 8.17. The number of carbonyl (C=O) groups is 1. The number of carbonyl (C=O) groups excluding carboxylic acids is 1. The standard InChI is InChI=1S/C19H23NO4.C2H6/c1-13-3-4-15(5-10-18(23)20-11-12-21)14(2)19(13)24-17-8-6-16(22)7-9-17;1-2/h3-4,6-9,21-22H,5,10-12H2,1-2H3,(H,20,23);1-2H3. The van der Waals surface area contributed by atoms with Gasteiger partial charge in [0.2, 0.25) is 5.91 Å². The van der Waals surface area contributed by atoms with Crippen LogP contribution in [0.25, 0.3) is 0 Å². The Bertz CT molecular complexity index is 696. The number of aliphatic hydroxyl groups excluding tert-OH is 1. The van der Waals surface area contributed by atoms with E-state index in [1.807, 2.05) is 39.8 Å². The number of phenols is 1. The second-order valence-corrected chi connectivity index (χ2v) is 5.67. The van der Waals surface area contributed by atoms with Gasteiger partial charge in [-0.1, -0.05) is 26.0 Å². The molecule has 0 saturated heterocycles. The van der Waals surface area contributed by atoms with Gasteiger partial charge in [0.1, 0.15) is 17.2 Å². The Hall–Kier alpha value is -2.53. The molecule has 0 aliphatic heterocycles. The lowest BCUT2D eigenvalue weighted by Crippen LogP contribution is -2.26. The van der Waals surface area contributed by atoms with Crippen LogP contribution in [0, 0.1) is 13.8 Å². The molecule has 5 heteroatoms. The summed E-state index contributed by atoms with van der Waals surface area (Å²) >= 11 is 0. The van der Waals surface area contributed by atoms with Gasteiger partial charge < -0.3 is 20.3 Å². The van der Waals surface area contributed by atoms with Crippen LogP contribution in [0.1, 0.15) is 37.0 Å². The zero-order chi connectivity index (χ0) is 19.5. The Morgan fingerprint density at radius 3 is 2.35 bits per heavy atom. The number of hydrogen-bond donors (Lipinski definition) is 3. The SMILES string of the molecule is CC.Cc1ccc(CCC(=O)NCCO)c(C)c1Oc1ccc(O)cc1. The molecule has 2 aromatic rings. The highest BCUT2D eigenvalue weighted by atomic mass is 16.5. The van der Waals surface area contributed by atoms with Gasteiger partial charge >= 0.3 is 0 Å². The lowest BCUT2D eigenvalue weighted by Gasteiger charge is -2.15. The average Bonchev–Trinajstić information content (AvgIpc) is 2.66. The molecule has 0 saturated carbocycles. The molecule has 142 valence electrons. The van der Waals surface area contributed by atoms with Crippen molar-refractivity contribution < 1.29 is 19.7 Å². The van der Waals surface area contributed by atoms with E-state index in [1.165, 1.54) is 0 Å². The largest absolute Gasteiger partial charge is 0.508 e. The number of benzene rings is 2. The first-order valence-electron chi connectivity index (χ1n) is 8.94. The van der Waals surface area contributed by atoms with Crippen LogP contribution in [0.15, 0.2) is 36.4 Å². The highest BCUT2D eigenvalue weighted by Gasteiger charge is 2.11. The zero-order valence-corrected chi connectivity index (χ0v) is 16.0. The van der Waals surface area contributed by atoms with E-state index < -0.39 is 0 Å². The van der Waals surface area contributed by atoms with E-state index in [4.69, 9.17) is 9.84 Å². The molecule has 0 bridgehead atoms. The number of aryl methyl sites for hydroxylation is 2. The molecule has 26 heavy (non-hydrogen) atoms. The molecule has 1 amide bonds. The summed E-state index contributed by atoms with van der Waals surface area (Å²) in [6.07, 6.45) is 0.970. The van der Waals surface area contributed by atoms with Crippen LogP contribution < -0.4 is 10.1 Å². The van der Waals surface area contributed by atoms with Crippen molar-refractivity contribution in [2.45, 2.75) is 40.5 Å². The van der Waals surface area contributed by atoms with Gasteiger partial charge in [0.05, 0.1) is 6.61 Å². The topological polar surface area (TPSA) is 78.8 Å². The lowest BCUT2D eigenvalue weighted by atomic mass is 10.00. The molecule has 5 nitrogen and oxygen atoms in total. The van der Waals surface area contributed by atoms with Crippen LogP contribution in [0.4, 0.5) is 0 Å². The summed E-state index contributed by atoms with van der Waals surface area (Å²) in [5, 5.41) is 20.7. The molecule has 0 atom stereocenters. The molecule has 0 heterocycles. The maximum Gasteiger partial charge on any atom is 0.220 e. The minimum atomic E-state index is -0.0787. The third kappa shape index (κ3) is 6.41. The molecular formula is C21H29NO4. The van der Waals surface area contributed by atoms with Crippen LogP contribution >= 0.6 is 0 Å². The van der Waals surface area contributed by atoms with E-state index in [1.54, 1.807) is 24.3 Å². The molecule has 0 spiro atoms. The Balaban J connectivity index is 0.00000163. The van der Waals surface area contributed by atoms with Gasteiger partial charge in [-0.25, -0.2) is 0 Å². The second-order valence-electron chi connectivity index (χ2n) is 5.67. The van der Waals surface area contributed by atoms with Crippen LogP contribution in [0.5, 0.6) is 17.2 Å². The fourth-order valence-corrected chi connectivity index (χ4v) is 2.46. The van der Waals surface area contributed by atoms with E-state index in [9.17, 15) is 9.90 Å². The number of ether oxygens (including phenoxy) is 1. The number of nitrogens with one attached hydrogen (secondary N) is 1. The monoisotopic (exact) mass is 359 g/mol. The van der Waals surface area contributed by atoms with Gasteiger partial charge in [-0.2, -0.15) is 0 Å². The van der Waals surface area contributed by atoms with Crippen molar-refractivity contribution in [3.8, 4) is 17.2 Å². The van der Waals surface area contributed by atoms with Gasteiger partial charge in [-0.3, -0.25) is 4.79 Å². The Morgan fingerprint density at radius 1 is 1.08 bits per heavy atom. The van der Waals surface area contributed by atoms with Crippen LogP contribution in [-0.2, 0) is 11.2 Å². The molecule has 2 aromatic carbocycles. The average molecular weight is 359 g/mol. The van der Waals surface area contributed by atoms with E-state index in [2.05, 4.69) is 5.32 Å². The van der Waals surface area contributed by atoms with Crippen molar-refractivity contribution in [2.24, 2.45) is 0 Å². The predicted octanol–water partition coefficient (Wildman–Crippen LogP) is 3.87. The number of aliphatic hydroxyl groups is 1. The van der Waals surface area contributed by atoms with Crippen molar-refractivity contribution in [2.75, 3.05) is 13.2 Å². The molecular weight excluding hydrogens is 330 g/mol. The second kappa shape index (κ2) is 11.2. The number of aromatic hydroxyl groups is 1. The first kappa shape index (κ1) is 21.5. The van der Waals surface area contributed by atoms with Crippen molar-refractivity contribution in [1.82, 2.24) is 5.32 Å². The van der Waals surface area contributed by atoms with Gasteiger partial charge in [0.25, 0.3) is 0 Å². The van der Waals surface area contributed by atoms with Crippen molar-refractivity contribution in [3.63, 3.8) is 0 Å². The predicted molar refractivity (Wildman–Crippen MR) is 104 cm³/mol. The first-order chi connectivity index (χ1) is 12.5. The molecule has 0 unspecified atom stereocenters.